The van der Waals surface area contributed by atoms with Crippen molar-refractivity contribution in [2.45, 2.75) is 13.2 Å². The van der Waals surface area contributed by atoms with E-state index >= 15 is 0 Å². The smallest absolute Gasteiger partial charge is 0.315 e. The molecule has 7 heteroatoms. The molecule has 1 unspecified atom stereocenters. The van der Waals surface area contributed by atoms with E-state index in [0.29, 0.717) is 6.67 Å². The van der Waals surface area contributed by atoms with Crippen LogP contribution in [0.15, 0.2) is 52.6 Å². The molecule has 0 radical (unpaired) electrons. The molecule has 2 aromatic heterocycles. The number of tetrazole rings is 1. The van der Waals surface area contributed by atoms with Gasteiger partial charge in [0.25, 0.3) is 0 Å². The number of aromatic nitrogens is 4. The van der Waals surface area contributed by atoms with Crippen LogP contribution < -0.4 is 10.6 Å². The second kappa shape index (κ2) is 6.02. The Bertz CT molecular complexity index is 747. The monoisotopic (exact) mass is 302 g/mol. The Labute approximate surface area is 125 Å². The second-order valence-corrected chi connectivity index (χ2v) is 5.83. The summed E-state index contributed by atoms with van der Waals surface area (Å²) in [5.74, 6) is 0. The number of benzene rings is 1. The topological polar surface area (TPSA) is 57.2 Å². The van der Waals surface area contributed by atoms with E-state index in [2.05, 4.69) is 22.6 Å². The highest BCUT2D eigenvalue weighted by Gasteiger charge is 2.13. The van der Waals surface area contributed by atoms with E-state index in [1.807, 2.05) is 42.8 Å². The average Bonchev–Trinajstić information content (AvgIpc) is 3.11. The van der Waals surface area contributed by atoms with Crippen LogP contribution in [0.1, 0.15) is 5.56 Å². The normalized spacial score (nSPS) is 12.4. The number of hydrogen-bond acceptors (Lipinski definition) is 4. The van der Waals surface area contributed by atoms with Crippen molar-refractivity contribution in [3.8, 4) is 5.00 Å². The maximum Gasteiger partial charge on any atom is 0.374 e. The lowest BCUT2D eigenvalue weighted by molar-refractivity contribution is -0.917. The molecular weight excluding hydrogens is 286 g/mol. The number of nitrogens with one attached hydrogen (secondary N) is 1. The predicted molar refractivity (Wildman–Crippen MR) is 80.5 cm³/mol. The summed E-state index contributed by atoms with van der Waals surface area (Å²) in [5.41, 5.74) is 1.03. The fourth-order valence-electron chi connectivity index (χ4n) is 2.16. The van der Waals surface area contributed by atoms with Gasteiger partial charge in [0.1, 0.15) is 11.5 Å². The number of quaternary nitrogens is 1. The lowest BCUT2D eigenvalue weighted by Gasteiger charge is -2.12. The fraction of sp³-hybridized carbons (Fsp3) is 0.214. The summed E-state index contributed by atoms with van der Waals surface area (Å²) in [5, 5.41) is 10.6. The van der Waals surface area contributed by atoms with Gasteiger partial charge in [0, 0.05) is 5.56 Å². The zero-order valence-electron chi connectivity index (χ0n) is 11.6. The van der Waals surface area contributed by atoms with Gasteiger partial charge < -0.3 is 4.90 Å². The highest BCUT2D eigenvalue weighted by Crippen LogP contribution is 2.10. The molecule has 0 saturated carbocycles. The molecule has 0 spiro atoms. The highest BCUT2D eigenvalue weighted by molar-refractivity contribution is 7.12. The molecule has 1 atom stereocenters. The van der Waals surface area contributed by atoms with E-state index in [-0.39, 0.29) is 5.69 Å². The SMILES string of the molecule is C[NH+](Cc1ccccc1)Cn1nnn(-c2cccs2)c1=O. The molecule has 0 aliphatic heterocycles. The van der Waals surface area contributed by atoms with Crippen molar-refractivity contribution in [3.05, 3.63) is 63.9 Å². The minimum atomic E-state index is -0.204. The van der Waals surface area contributed by atoms with Gasteiger partial charge in [0.2, 0.25) is 0 Å². The first-order chi connectivity index (χ1) is 10.2. The summed E-state index contributed by atoms with van der Waals surface area (Å²) in [7, 11) is 2.03. The molecule has 0 aliphatic rings. The van der Waals surface area contributed by atoms with E-state index in [4.69, 9.17) is 0 Å². The molecule has 108 valence electrons. The summed E-state index contributed by atoms with van der Waals surface area (Å²) in [6.07, 6.45) is 0. The predicted octanol–water partition coefficient (Wildman–Crippen LogP) is 0.163. The Hall–Kier alpha value is -2.25. The van der Waals surface area contributed by atoms with Crippen LogP contribution in [0, 0.1) is 0 Å². The minimum Gasteiger partial charge on any atom is -0.315 e. The summed E-state index contributed by atoms with van der Waals surface area (Å²) in [6.45, 7) is 1.32. The van der Waals surface area contributed by atoms with Crippen molar-refractivity contribution >= 4 is 11.3 Å². The van der Waals surface area contributed by atoms with Crippen LogP contribution in [-0.2, 0) is 13.2 Å². The first-order valence-electron chi connectivity index (χ1n) is 6.66. The van der Waals surface area contributed by atoms with Gasteiger partial charge in [0.05, 0.1) is 7.05 Å². The molecule has 0 aliphatic carbocycles. The number of rotatable bonds is 5. The number of thiophene rings is 1. The second-order valence-electron chi connectivity index (χ2n) is 4.90. The van der Waals surface area contributed by atoms with Gasteiger partial charge in [-0.1, -0.05) is 30.3 Å². The van der Waals surface area contributed by atoms with Crippen LogP contribution in [0.5, 0.6) is 0 Å². The molecule has 21 heavy (non-hydrogen) atoms. The number of hydrogen-bond donors (Lipinski definition) is 1. The van der Waals surface area contributed by atoms with Crippen molar-refractivity contribution in [3.63, 3.8) is 0 Å². The Morgan fingerprint density at radius 3 is 2.67 bits per heavy atom. The van der Waals surface area contributed by atoms with Gasteiger partial charge in [0.15, 0.2) is 6.67 Å². The molecule has 0 amide bonds. The zero-order valence-corrected chi connectivity index (χ0v) is 12.5. The zero-order chi connectivity index (χ0) is 14.7. The molecule has 3 rings (SSSR count). The largest absolute Gasteiger partial charge is 0.374 e. The third kappa shape index (κ3) is 3.09. The lowest BCUT2D eigenvalue weighted by atomic mass is 10.2. The lowest BCUT2D eigenvalue weighted by Crippen LogP contribution is -3.07. The van der Waals surface area contributed by atoms with E-state index in [1.54, 1.807) is 0 Å². The fourth-order valence-corrected chi connectivity index (χ4v) is 2.83. The third-order valence-electron chi connectivity index (χ3n) is 3.12. The van der Waals surface area contributed by atoms with Crippen LogP contribution in [0.4, 0.5) is 0 Å². The van der Waals surface area contributed by atoms with Crippen molar-refractivity contribution < 1.29 is 4.90 Å². The Kier molecular flexibility index (Phi) is 3.94. The molecule has 6 nitrogen and oxygen atoms in total. The quantitative estimate of drug-likeness (QED) is 0.730. The Balaban J connectivity index is 1.72. The first-order valence-corrected chi connectivity index (χ1v) is 7.54. The van der Waals surface area contributed by atoms with Crippen molar-refractivity contribution in [2.24, 2.45) is 0 Å². The molecule has 1 N–H and O–H groups in total. The number of nitrogens with zero attached hydrogens (tertiary/aromatic N) is 4. The Morgan fingerprint density at radius 1 is 1.14 bits per heavy atom. The summed E-state index contributed by atoms with van der Waals surface area (Å²) < 4.78 is 2.73. The first kappa shape index (κ1) is 13.7. The minimum absolute atomic E-state index is 0.204. The van der Waals surface area contributed by atoms with Gasteiger partial charge in [-0.25, -0.2) is 4.79 Å². The summed E-state index contributed by atoms with van der Waals surface area (Å²) >= 11 is 1.47. The maximum atomic E-state index is 12.2. The highest BCUT2D eigenvalue weighted by atomic mass is 32.1. The van der Waals surface area contributed by atoms with Crippen LogP contribution in [0.25, 0.3) is 5.00 Å². The van der Waals surface area contributed by atoms with E-state index < -0.39 is 0 Å². The standard InChI is InChI=1S/C14H15N5OS/c1-17(10-12-6-3-2-4-7-12)11-18-14(20)19(16-15-18)13-8-5-9-21-13/h2-9H,10-11H2,1H3/p+1. The van der Waals surface area contributed by atoms with Gasteiger partial charge >= 0.3 is 5.69 Å². The summed E-state index contributed by atoms with van der Waals surface area (Å²) in [4.78, 5) is 13.4. The van der Waals surface area contributed by atoms with Crippen LogP contribution in [-0.4, -0.2) is 26.8 Å². The molecular formula is C14H16N5OS+. The van der Waals surface area contributed by atoms with E-state index in [9.17, 15) is 4.79 Å². The third-order valence-corrected chi connectivity index (χ3v) is 3.97. The van der Waals surface area contributed by atoms with Crippen LogP contribution >= 0.6 is 11.3 Å². The van der Waals surface area contributed by atoms with Crippen molar-refractivity contribution in [1.29, 1.82) is 0 Å². The Morgan fingerprint density at radius 2 is 1.95 bits per heavy atom. The average molecular weight is 302 g/mol. The van der Waals surface area contributed by atoms with Gasteiger partial charge in [-0.15, -0.1) is 20.7 Å². The van der Waals surface area contributed by atoms with E-state index in [0.717, 1.165) is 11.5 Å². The molecule has 2 heterocycles. The van der Waals surface area contributed by atoms with Crippen molar-refractivity contribution in [1.82, 2.24) is 19.8 Å². The van der Waals surface area contributed by atoms with Crippen molar-refractivity contribution in [2.75, 3.05) is 7.05 Å². The molecule has 1 aromatic carbocycles. The summed E-state index contributed by atoms with van der Waals surface area (Å²) in [6, 6.07) is 13.9. The van der Waals surface area contributed by atoms with Gasteiger partial charge in [-0.05, 0) is 27.9 Å². The van der Waals surface area contributed by atoms with Gasteiger partial charge in [-0.3, -0.25) is 0 Å². The van der Waals surface area contributed by atoms with Gasteiger partial charge in [-0.2, -0.15) is 0 Å². The maximum absolute atomic E-state index is 12.2. The van der Waals surface area contributed by atoms with Crippen LogP contribution in [0.3, 0.4) is 0 Å². The van der Waals surface area contributed by atoms with E-state index in [1.165, 1.54) is 31.2 Å². The van der Waals surface area contributed by atoms with Crippen LogP contribution in [0.2, 0.25) is 0 Å². The molecule has 0 fully saturated rings. The molecule has 3 aromatic rings. The molecule has 0 saturated heterocycles. The molecule has 0 bridgehead atoms.